The number of rotatable bonds is 6. The molecule has 1 heterocycles. The molecule has 1 N–H and O–H groups in total. The van der Waals surface area contributed by atoms with E-state index in [0.717, 1.165) is 26.3 Å². The zero-order valence-electron chi connectivity index (χ0n) is 14.0. The minimum Gasteiger partial charge on any atom is -0.381 e. The number of nitrogens with one attached hydrogen (secondary N) is 1. The van der Waals surface area contributed by atoms with E-state index in [4.69, 9.17) is 4.74 Å². The van der Waals surface area contributed by atoms with Crippen molar-refractivity contribution in [3.63, 3.8) is 0 Å². The van der Waals surface area contributed by atoms with Gasteiger partial charge in [0.2, 0.25) is 0 Å². The monoisotopic (exact) mass is 290 g/mol. The average Bonchev–Trinajstić information content (AvgIpc) is 2.46. The van der Waals surface area contributed by atoms with Crippen LogP contribution < -0.4 is 10.2 Å². The van der Waals surface area contributed by atoms with Gasteiger partial charge >= 0.3 is 0 Å². The third kappa shape index (κ3) is 5.01. The van der Waals surface area contributed by atoms with Gasteiger partial charge in [0.05, 0.1) is 6.61 Å². The molecule has 3 heteroatoms. The Kier molecular flexibility index (Phi) is 6.07. The first-order valence-corrected chi connectivity index (χ1v) is 8.18. The summed E-state index contributed by atoms with van der Waals surface area (Å²) in [7, 11) is 2.19. The highest BCUT2D eigenvalue weighted by molar-refractivity contribution is 5.50. The van der Waals surface area contributed by atoms with Crippen LogP contribution in [-0.4, -0.2) is 32.8 Å². The van der Waals surface area contributed by atoms with Gasteiger partial charge in [-0.1, -0.05) is 19.9 Å². The summed E-state index contributed by atoms with van der Waals surface area (Å²) in [5, 5.41) is 3.49. The Morgan fingerprint density at radius 2 is 2.19 bits per heavy atom. The summed E-state index contributed by atoms with van der Waals surface area (Å²) in [5.74, 6) is 0.673. The average molecular weight is 290 g/mol. The Balaban J connectivity index is 1.94. The van der Waals surface area contributed by atoms with E-state index in [2.05, 4.69) is 56.2 Å². The van der Waals surface area contributed by atoms with Gasteiger partial charge in [0, 0.05) is 38.5 Å². The standard InChI is InChI=1S/C18H30N2O/c1-14(2)19-11-17-7-8-18(10-15(17)3)20(4)12-16-6-5-9-21-13-16/h7-8,10,14,16,19H,5-6,9,11-13H2,1-4H3. The number of hydrogen-bond donors (Lipinski definition) is 1. The van der Waals surface area contributed by atoms with Crippen LogP contribution in [0.2, 0.25) is 0 Å². The molecule has 1 fully saturated rings. The van der Waals surface area contributed by atoms with Gasteiger partial charge in [-0.2, -0.15) is 0 Å². The molecule has 0 saturated carbocycles. The lowest BCUT2D eigenvalue weighted by Crippen LogP contribution is -2.30. The predicted octanol–water partition coefficient (Wildman–Crippen LogP) is 3.36. The molecule has 1 aliphatic rings. The molecule has 0 aromatic heterocycles. The van der Waals surface area contributed by atoms with E-state index < -0.39 is 0 Å². The number of nitrogens with zero attached hydrogens (tertiary/aromatic N) is 1. The van der Waals surface area contributed by atoms with E-state index in [1.54, 1.807) is 0 Å². The van der Waals surface area contributed by atoms with E-state index in [1.807, 2.05) is 0 Å². The molecule has 118 valence electrons. The molecule has 1 saturated heterocycles. The van der Waals surface area contributed by atoms with Gasteiger partial charge in [-0.05, 0) is 48.9 Å². The van der Waals surface area contributed by atoms with E-state index in [0.29, 0.717) is 12.0 Å². The molecule has 0 bridgehead atoms. The summed E-state index contributed by atoms with van der Waals surface area (Å²) in [5.41, 5.74) is 4.07. The van der Waals surface area contributed by atoms with Crippen LogP contribution >= 0.6 is 0 Å². The highest BCUT2D eigenvalue weighted by atomic mass is 16.5. The fourth-order valence-electron chi connectivity index (χ4n) is 2.87. The molecule has 0 amide bonds. The van der Waals surface area contributed by atoms with Crippen LogP contribution in [0.15, 0.2) is 18.2 Å². The van der Waals surface area contributed by atoms with Crippen LogP contribution in [0.3, 0.4) is 0 Å². The van der Waals surface area contributed by atoms with Crippen molar-refractivity contribution >= 4 is 5.69 Å². The SMILES string of the molecule is Cc1cc(N(C)CC2CCCOC2)ccc1CNC(C)C. The number of hydrogen-bond acceptors (Lipinski definition) is 3. The zero-order valence-corrected chi connectivity index (χ0v) is 14.0. The predicted molar refractivity (Wildman–Crippen MR) is 90.0 cm³/mol. The van der Waals surface area contributed by atoms with Crippen molar-refractivity contribution in [2.24, 2.45) is 5.92 Å². The largest absolute Gasteiger partial charge is 0.381 e. The zero-order chi connectivity index (χ0) is 15.2. The normalized spacial score (nSPS) is 19.0. The van der Waals surface area contributed by atoms with Crippen LogP contribution in [-0.2, 0) is 11.3 Å². The third-order valence-electron chi connectivity index (χ3n) is 4.25. The molecule has 1 aliphatic heterocycles. The summed E-state index contributed by atoms with van der Waals surface area (Å²) >= 11 is 0. The second kappa shape index (κ2) is 7.81. The lowest BCUT2D eigenvalue weighted by atomic mass is 10.0. The molecule has 0 aliphatic carbocycles. The molecular weight excluding hydrogens is 260 g/mol. The van der Waals surface area contributed by atoms with Gasteiger partial charge in [0.25, 0.3) is 0 Å². The topological polar surface area (TPSA) is 24.5 Å². The van der Waals surface area contributed by atoms with Gasteiger partial charge in [0.1, 0.15) is 0 Å². The van der Waals surface area contributed by atoms with E-state index in [9.17, 15) is 0 Å². The quantitative estimate of drug-likeness (QED) is 0.869. The molecule has 21 heavy (non-hydrogen) atoms. The molecule has 0 radical (unpaired) electrons. The maximum absolute atomic E-state index is 5.58. The summed E-state index contributed by atoms with van der Waals surface area (Å²) in [6, 6.07) is 7.33. The molecule has 1 unspecified atom stereocenters. The molecular formula is C18H30N2O. The van der Waals surface area contributed by atoms with Crippen LogP contribution in [0.25, 0.3) is 0 Å². The highest BCUT2D eigenvalue weighted by Crippen LogP contribution is 2.21. The third-order valence-corrected chi connectivity index (χ3v) is 4.25. The molecule has 1 aromatic carbocycles. The number of anilines is 1. The first-order valence-electron chi connectivity index (χ1n) is 8.18. The fourth-order valence-corrected chi connectivity index (χ4v) is 2.87. The van der Waals surface area contributed by atoms with Crippen molar-refractivity contribution in [3.8, 4) is 0 Å². The minimum atomic E-state index is 0.526. The van der Waals surface area contributed by atoms with Gasteiger partial charge < -0.3 is 15.0 Å². The second-order valence-corrected chi connectivity index (χ2v) is 6.61. The Bertz CT molecular complexity index is 439. The number of benzene rings is 1. The molecule has 3 nitrogen and oxygen atoms in total. The van der Waals surface area contributed by atoms with Crippen molar-refractivity contribution in [3.05, 3.63) is 29.3 Å². The first kappa shape index (κ1) is 16.3. The van der Waals surface area contributed by atoms with E-state index in [-0.39, 0.29) is 0 Å². The van der Waals surface area contributed by atoms with Crippen molar-refractivity contribution in [1.29, 1.82) is 0 Å². The Hall–Kier alpha value is -1.06. The van der Waals surface area contributed by atoms with Crippen LogP contribution in [0.4, 0.5) is 5.69 Å². The second-order valence-electron chi connectivity index (χ2n) is 6.61. The summed E-state index contributed by atoms with van der Waals surface area (Å²) in [6.07, 6.45) is 2.50. The lowest BCUT2D eigenvalue weighted by molar-refractivity contribution is 0.0576. The fraction of sp³-hybridized carbons (Fsp3) is 0.667. The van der Waals surface area contributed by atoms with Crippen molar-refractivity contribution in [2.75, 3.05) is 31.7 Å². The first-order chi connectivity index (χ1) is 10.1. The van der Waals surface area contributed by atoms with Gasteiger partial charge in [0.15, 0.2) is 0 Å². The highest BCUT2D eigenvalue weighted by Gasteiger charge is 2.16. The Morgan fingerprint density at radius 1 is 1.38 bits per heavy atom. The van der Waals surface area contributed by atoms with E-state index in [1.165, 1.54) is 29.7 Å². The summed E-state index contributed by atoms with van der Waals surface area (Å²) < 4.78 is 5.58. The maximum Gasteiger partial charge on any atom is 0.0511 e. The summed E-state index contributed by atoms with van der Waals surface area (Å²) in [4.78, 5) is 2.37. The minimum absolute atomic E-state index is 0.526. The maximum atomic E-state index is 5.58. The smallest absolute Gasteiger partial charge is 0.0511 e. The molecule has 1 aromatic rings. The van der Waals surface area contributed by atoms with Crippen LogP contribution in [0.1, 0.15) is 37.8 Å². The molecule has 0 spiro atoms. The van der Waals surface area contributed by atoms with Gasteiger partial charge in [-0.15, -0.1) is 0 Å². The van der Waals surface area contributed by atoms with Crippen molar-refractivity contribution in [2.45, 2.75) is 46.2 Å². The number of ether oxygens (including phenoxy) is 1. The van der Waals surface area contributed by atoms with Crippen molar-refractivity contribution < 1.29 is 4.74 Å². The van der Waals surface area contributed by atoms with E-state index >= 15 is 0 Å². The Morgan fingerprint density at radius 3 is 2.81 bits per heavy atom. The van der Waals surface area contributed by atoms with Crippen LogP contribution in [0.5, 0.6) is 0 Å². The Labute approximate surface area is 129 Å². The van der Waals surface area contributed by atoms with Gasteiger partial charge in [-0.3, -0.25) is 0 Å². The molecule has 2 rings (SSSR count). The van der Waals surface area contributed by atoms with Gasteiger partial charge in [-0.25, -0.2) is 0 Å². The lowest BCUT2D eigenvalue weighted by Gasteiger charge is -2.29. The van der Waals surface area contributed by atoms with Crippen molar-refractivity contribution in [1.82, 2.24) is 5.32 Å². The van der Waals surface area contributed by atoms with Crippen LogP contribution in [0, 0.1) is 12.8 Å². The number of aryl methyl sites for hydroxylation is 1. The summed E-state index contributed by atoms with van der Waals surface area (Å²) in [6.45, 7) is 10.5. The molecule has 1 atom stereocenters.